The lowest BCUT2D eigenvalue weighted by atomic mass is 10.0. The molecule has 6 nitrogen and oxygen atoms in total. The number of benzene rings is 2. The van der Waals surface area contributed by atoms with Gasteiger partial charge in [0, 0.05) is 45.9 Å². The molecule has 34 heavy (non-hydrogen) atoms. The maximum absolute atomic E-state index is 12.3. The first-order chi connectivity index (χ1) is 16.7. The summed E-state index contributed by atoms with van der Waals surface area (Å²) in [5.74, 6) is 1.27. The van der Waals surface area contributed by atoms with Crippen LogP contribution >= 0.6 is 23.4 Å². The Bertz CT molecular complexity index is 1560. The molecular weight excluding hydrogens is 468 g/mol. The molecule has 3 aromatic heterocycles. The van der Waals surface area contributed by atoms with Gasteiger partial charge in [-0.3, -0.25) is 9.55 Å². The summed E-state index contributed by atoms with van der Waals surface area (Å²) in [5, 5.41) is 11.3. The quantitative estimate of drug-likeness (QED) is 0.228. The predicted octanol–water partition coefficient (Wildman–Crippen LogP) is 5.87. The summed E-state index contributed by atoms with van der Waals surface area (Å²) in [6, 6.07) is 17.2. The summed E-state index contributed by atoms with van der Waals surface area (Å²) in [6.45, 7) is 0. The highest BCUT2D eigenvalue weighted by Crippen LogP contribution is 2.33. The Morgan fingerprint density at radius 3 is 2.53 bits per heavy atom. The third-order valence-corrected chi connectivity index (χ3v) is 7.29. The number of fused-ring (bicyclic) bond motifs is 2. The first kappa shape index (κ1) is 21.1. The Kier molecular flexibility index (Phi) is 5.43. The molecule has 8 heteroatoms. The molecule has 6 rings (SSSR count). The van der Waals surface area contributed by atoms with Gasteiger partial charge in [-0.05, 0) is 84.5 Å². The molecule has 3 heterocycles. The van der Waals surface area contributed by atoms with E-state index in [-0.39, 0.29) is 5.63 Å². The Balaban J connectivity index is 1.41. The highest BCUT2D eigenvalue weighted by atomic mass is 35.5. The van der Waals surface area contributed by atoms with Gasteiger partial charge in [0.1, 0.15) is 5.58 Å². The van der Waals surface area contributed by atoms with E-state index in [9.17, 15) is 4.79 Å². The summed E-state index contributed by atoms with van der Waals surface area (Å²) in [4.78, 5) is 16.4. The number of aromatic nitrogens is 4. The molecule has 0 N–H and O–H groups in total. The van der Waals surface area contributed by atoms with Crippen LogP contribution in [0.5, 0.6) is 0 Å². The van der Waals surface area contributed by atoms with Crippen molar-refractivity contribution in [3.63, 3.8) is 0 Å². The van der Waals surface area contributed by atoms with E-state index in [1.165, 1.54) is 22.9 Å². The van der Waals surface area contributed by atoms with Gasteiger partial charge in [-0.2, -0.15) is 0 Å². The van der Waals surface area contributed by atoms with Crippen molar-refractivity contribution in [1.82, 2.24) is 19.7 Å². The average molecular weight is 487 g/mol. The van der Waals surface area contributed by atoms with Gasteiger partial charge in [-0.25, -0.2) is 4.79 Å². The third kappa shape index (κ3) is 3.91. The van der Waals surface area contributed by atoms with Gasteiger partial charge < -0.3 is 4.42 Å². The highest BCUT2D eigenvalue weighted by molar-refractivity contribution is 7.98. The second-order valence-corrected chi connectivity index (χ2v) is 9.58. The van der Waals surface area contributed by atoms with Gasteiger partial charge in [0.15, 0.2) is 11.0 Å². The molecule has 168 valence electrons. The van der Waals surface area contributed by atoms with E-state index in [4.69, 9.17) is 16.0 Å². The van der Waals surface area contributed by atoms with Gasteiger partial charge in [-0.1, -0.05) is 23.4 Å². The molecule has 0 fully saturated rings. The van der Waals surface area contributed by atoms with Gasteiger partial charge in [0.25, 0.3) is 0 Å². The smallest absolute Gasteiger partial charge is 0.336 e. The number of aryl methyl sites for hydroxylation is 2. The van der Waals surface area contributed by atoms with Crippen LogP contribution in [0.1, 0.15) is 23.1 Å². The predicted molar refractivity (Wildman–Crippen MR) is 134 cm³/mol. The van der Waals surface area contributed by atoms with Gasteiger partial charge in [0.2, 0.25) is 0 Å². The summed E-state index contributed by atoms with van der Waals surface area (Å²) < 4.78 is 7.53. The molecule has 0 atom stereocenters. The molecule has 0 unspecified atom stereocenters. The fraction of sp³-hybridized carbons (Fsp3) is 0.154. The highest BCUT2D eigenvalue weighted by Gasteiger charge is 2.19. The molecule has 1 aliphatic carbocycles. The van der Waals surface area contributed by atoms with E-state index >= 15 is 0 Å². The Labute approximate surface area is 204 Å². The van der Waals surface area contributed by atoms with E-state index in [0.717, 1.165) is 46.6 Å². The second-order valence-electron chi connectivity index (χ2n) is 8.20. The number of nitrogens with zero attached hydrogens (tertiary/aromatic N) is 4. The SMILES string of the molecule is O=c1cc(CSc2nnc(-c3ccncc3)n2-c2ccc(Cl)cc2)c2cc3c(cc2o1)CCC3. The first-order valence-corrected chi connectivity index (χ1v) is 12.4. The molecule has 0 amide bonds. The Hall–Kier alpha value is -3.42. The number of hydrogen-bond donors (Lipinski definition) is 0. The molecule has 0 saturated carbocycles. The minimum Gasteiger partial charge on any atom is -0.423 e. The third-order valence-electron chi connectivity index (χ3n) is 6.06. The van der Waals surface area contributed by atoms with Crippen LogP contribution in [0.3, 0.4) is 0 Å². The largest absolute Gasteiger partial charge is 0.423 e. The summed E-state index contributed by atoms with van der Waals surface area (Å²) >= 11 is 7.66. The molecule has 1 aliphatic rings. The molecule has 2 aromatic carbocycles. The van der Waals surface area contributed by atoms with Crippen molar-refractivity contribution in [3.05, 3.63) is 99.1 Å². The maximum atomic E-state index is 12.3. The molecular formula is C26H19ClN4O2S. The summed E-state index contributed by atoms with van der Waals surface area (Å²) in [6.07, 6.45) is 6.71. The lowest BCUT2D eigenvalue weighted by molar-refractivity contribution is 0.559. The van der Waals surface area contributed by atoms with Crippen molar-refractivity contribution < 1.29 is 4.42 Å². The van der Waals surface area contributed by atoms with Crippen molar-refractivity contribution in [2.45, 2.75) is 30.2 Å². The minimum atomic E-state index is -0.335. The average Bonchev–Trinajstić information content (AvgIpc) is 3.49. The molecule has 0 bridgehead atoms. The lowest BCUT2D eigenvalue weighted by Gasteiger charge is -2.11. The van der Waals surface area contributed by atoms with Crippen LogP contribution in [0.4, 0.5) is 0 Å². The van der Waals surface area contributed by atoms with E-state index in [0.29, 0.717) is 22.2 Å². The zero-order chi connectivity index (χ0) is 23.1. The monoisotopic (exact) mass is 486 g/mol. The second kappa shape index (κ2) is 8.74. The van der Waals surface area contributed by atoms with Gasteiger partial charge in [0.05, 0.1) is 0 Å². The fourth-order valence-electron chi connectivity index (χ4n) is 4.43. The molecule has 0 saturated heterocycles. The van der Waals surface area contributed by atoms with Crippen LogP contribution in [0.25, 0.3) is 28.0 Å². The van der Waals surface area contributed by atoms with Crippen molar-refractivity contribution in [1.29, 1.82) is 0 Å². The zero-order valence-electron chi connectivity index (χ0n) is 18.1. The summed E-state index contributed by atoms with van der Waals surface area (Å²) in [7, 11) is 0. The van der Waals surface area contributed by atoms with Crippen molar-refractivity contribution in [2.24, 2.45) is 0 Å². The number of halogens is 1. The first-order valence-electron chi connectivity index (χ1n) is 11.0. The van der Waals surface area contributed by atoms with E-state index in [1.54, 1.807) is 18.5 Å². The molecule has 0 spiro atoms. The van der Waals surface area contributed by atoms with Crippen LogP contribution in [0.15, 0.2) is 81.4 Å². The van der Waals surface area contributed by atoms with Crippen LogP contribution in [-0.4, -0.2) is 19.7 Å². The number of rotatable bonds is 5. The van der Waals surface area contributed by atoms with Crippen molar-refractivity contribution in [3.8, 4) is 17.1 Å². The number of hydrogen-bond acceptors (Lipinski definition) is 6. The van der Waals surface area contributed by atoms with E-state index < -0.39 is 0 Å². The topological polar surface area (TPSA) is 73.8 Å². The molecule has 0 aliphatic heterocycles. The van der Waals surface area contributed by atoms with Gasteiger partial charge in [-0.15, -0.1) is 10.2 Å². The minimum absolute atomic E-state index is 0.335. The van der Waals surface area contributed by atoms with Gasteiger partial charge >= 0.3 is 5.63 Å². The molecule has 0 radical (unpaired) electrons. The van der Waals surface area contributed by atoms with Crippen LogP contribution < -0.4 is 5.63 Å². The number of pyridine rings is 1. The molecule has 5 aromatic rings. The standard InChI is InChI=1S/C26H19ClN4O2S/c27-20-4-6-21(7-5-20)31-25(16-8-10-28-11-9-16)29-30-26(31)34-15-19-14-24(32)33-23-13-18-3-1-2-17(18)12-22(19)23/h4-14H,1-3,15H2. The number of thioether (sulfide) groups is 1. The van der Waals surface area contributed by atoms with Crippen molar-refractivity contribution >= 4 is 34.3 Å². The van der Waals surface area contributed by atoms with Crippen LogP contribution in [0.2, 0.25) is 5.02 Å². The van der Waals surface area contributed by atoms with E-state index in [2.05, 4.69) is 21.2 Å². The Morgan fingerprint density at radius 2 is 1.74 bits per heavy atom. The van der Waals surface area contributed by atoms with Crippen molar-refractivity contribution in [2.75, 3.05) is 0 Å². The van der Waals surface area contributed by atoms with E-state index in [1.807, 2.05) is 47.0 Å². The zero-order valence-corrected chi connectivity index (χ0v) is 19.6. The summed E-state index contributed by atoms with van der Waals surface area (Å²) in [5.41, 5.74) is 5.69. The lowest BCUT2D eigenvalue weighted by Crippen LogP contribution is -2.02. The maximum Gasteiger partial charge on any atom is 0.336 e. The van der Waals surface area contributed by atoms with Crippen LogP contribution in [0, 0.1) is 0 Å². The Morgan fingerprint density at radius 1 is 0.971 bits per heavy atom. The van der Waals surface area contributed by atoms with Crippen LogP contribution in [-0.2, 0) is 18.6 Å². The fourth-order valence-corrected chi connectivity index (χ4v) is 5.50. The normalized spacial score (nSPS) is 12.9.